The summed E-state index contributed by atoms with van der Waals surface area (Å²) in [4.78, 5) is 0. The van der Waals surface area contributed by atoms with E-state index >= 15 is 0 Å². The van der Waals surface area contributed by atoms with Crippen LogP contribution in [0.3, 0.4) is 0 Å². The molecule has 0 aliphatic rings. The van der Waals surface area contributed by atoms with E-state index in [9.17, 15) is 0 Å². The number of rotatable bonds is 5. The number of hydrogen-bond acceptors (Lipinski definition) is 6. The Kier molecular flexibility index (Phi) is 3.52. The Labute approximate surface area is 97.0 Å². The molecule has 2 heterocycles. The van der Waals surface area contributed by atoms with Crippen molar-refractivity contribution in [2.45, 2.75) is 17.5 Å². The molecule has 0 unspecified atom stereocenters. The van der Waals surface area contributed by atoms with Gasteiger partial charge in [0.2, 0.25) is 5.16 Å². The minimum atomic E-state index is 0.533. The highest BCUT2D eigenvalue weighted by molar-refractivity contribution is 7.98. The maximum atomic E-state index is 5.46. The molecule has 0 fully saturated rings. The molecule has 2 rings (SSSR count). The zero-order valence-electron chi connectivity index (χ0n) is 8.94. The summed E-state index contributed by atoms with van der Waals surface area (Å²) in [6.45, 7) is 1.17. The van der Waals surface area contributed by atoms with Gasteiger partial charge in [0.05, 0.1) is 12.7 Å². The molecule has 0 saturated heterocycles. The van der Waals surface area contributed by atoms with Crippen molar-refractivity contribution in [2.75, 3.05) is 6.54 Å². The van der Waals surface area contributed by atoms with E-state index in [0.29, 0.717) is 13.1 Å². The maximum Gasteiger partial charge on any atom is 0.209 e. The third-order valence-corrected chi connectivity index (χ3v) is 2.99. The summed E-state index contributed by atoms with van der Waals surface area (Å²) < 4.78 is 3.49. The Morgan fingerprint density at radius 1 is 1.50 bits per heavy atom. The van der Waals surface area contributed by atoms with Crippen LogP contribution >= 0.6 is 11.8 Å². The highest BCUT2D eigenvalue weighted by Crippen LogP contribution is 2.18. The SMILES string of the molecule is Cn1cc(CSc2nnnn2CCN)cn1. The molecule has 2 aromatic rings. The summed E-state index contributed by atoms with van der Waals surface area (Å²) in [5.74, 6) is 0.804. The van der Waals surface area contributed by atoms with Crippen LogP contribution in [0.15, 0.2) is 17.6 Å². The van der Waals surface area contributed by atoms with E-state index in [-0.39, 0.29) is 0 Å². The van der Waals surface area contributed by atoms with Crippen molar-refractivity contribution in [1.29, 1.82) is 0 Å². The molecule has 0 aliphatic heterocycles. The largest absolute Gasteiger partial charge is 0.329 e. The minimum Gasteiger partial charge on any atom is -0.329 e. The molecular formula is C8H13N7S. The predicted octanol–water partition coefficient (Wildman–Crippen LogP) is -0.342. The van der Waals surface area contributed by atoms with Crippen LogP contribution < -0.4 is 5.73 Å². The lowest BCUT2D eigenvalue weighted by Crippen LogP contribution is -2.12. The van der Waals surface area contributed by atoms with E-state index in [1.54, 1.807) is 21.1 Å². The first-order valence-corrected chi connectivity index (χ1v) is 5.84. The molecule has 0 bridgehead atoms. The van der Waals surface area contributed by atoms with Gasteiger partial charge in [-0.05, 0) is 10.4 Å². The number of thioether (sulfide) groups is 1. The van der Waals surface area contributed by atoms with Gasteiger partial charge in [0, 0.05) is 31.1 Å². The molecule has 86 valence electrons. The van der Waals surface area contributed by atoms with Gasteiger partial charge in [-0.15, -0.1) is 5.10 Å². The third kappa shape index (κ3) is 2.58. The van der Waals surface area contributed by atoms with Crippen molar-refractivity contribution in [3.63, 3.8) is 0 Å². The summed E-state index contributed by atoms with van der Waals surface area (Å²) in [5, 5.41) is 16.3. The first kappa shape index (κ1) is 11.1. The molecule has 0 aliphatic carbocycles. The Bertz CT molecular complexity index is 449. The van der Waals surface area contributed by atoms with E-state index in [1.165, 1.54) is 0 Å². The second-order valence-corrected chi connectivity index (χ2v) is 4.23. The summed E-state index contributed by atoms with van der Waals surface area (Å²) in [5.41, 5.74) is 6.61. The van der Waals surface area contributed by atoms with Gasteiger partial charge in [-0.3, -0.25) is 4.68 Å². The number of tetrazole rings is 1. The van der Waals surface area contributed by atoms with Crippen LogP contribution in [-0.2, 0) is 19.3 Å². The topological polar surface area (TPSA) is 87.4 Å². The lowest BCUT2D eigenvalue weighted by Gasteiger charge is -2.00. The lowest BCUT2D eigenvalue weighted by atomic mass is 10.4. The Hall–Kier alpha value is -1.41. The molecule has 8 heteroatoms. The van der Waals surface area contributed by atoms with Crippen molar-refractivity contribution >= 4 is 11.8 Å². The van der Waals surface area contributed by atoms with Gasteiger partial charge in [-0.2, -0.15) is 5.10 Å². The van der Waals surface area contributed by atoms with Crippen molar-refractivity contribution in [3.05, 3.63) is 18.0 Å². The fourth-order valence-corrected chi connectivity index (χ4v) is 2.07. The number of nitrogens with two attached hydrogens (primary N) is 1. The molecule has 0 aromatic carbocycles. The van der Waals surface area contributed by atoms with Gasteiger partial charge in [0.1, 0.15) is 0 Å². The Balaban J connectivity index is 1.96. The molecule has 0 spiro atoms. The van der Waals surface area contributed by atoms with Crippen molar-refractivity contribution < 1.29 is 0 Å². The van der Waals surface area contributed by atoms with E-state index in [0.717, 1.165) is 16.5 Å². The van der Waals surface area contributed by atoms with E-state index in [1.807, 2.05) is 19.4 Å². The summed E-state index contributed by atoms with van der Waals surface area (Å²) in [6, 6.07) is 0. The van der Waals surface area contributed by atoms with Crippen LogP contribution in [-0.4, -0.2) is 36.5 Å². The molecule has 0 saturated carbocycles. The van der Waals surface area contributed by atoms with Gasteiger partial charge >= 0.3 is 0 Å². The first-order valence-electron chi connectivity index (χ1n) is 4.86. The van der Waals surface area contributed by atoms with E-state index in [4.69, 9.17) is 5.73 Å². The molecule has 2 aromatic heterocycles. The number of nitrogens with zero attached hydrogens (tertiary/aromatic N) is 6. The fourth-order valence-electron chi connectivity index (χ4n) is 1.26. The minimum absolute atomic E-state index is 0.533. The van der Waals surface area contributed by atoms with Crippen LogP contribution in [0.25, 0.3) is 0 Å². The number of hydrogen-bond donors (Lipinski definition) is 1. The average molecular weight is 239 g/mol. The molecule has 0 radical (unpaired) electrons. The molecule has 0 atom stereocenters. The van der Waals surface area contributed by atoms with Crippen LogP contribution in [0.5, 0.6) is 0 Å². The van der Waals surface area contributed by atoms with Crippen LogP contribution in [0.4, 0.5) is 0 Å². The Morgan fingerprint density at radius 2 is 2.38 bits per heavy atom. The number of aromatic nitrogens is 6. The Morgan fingerprint density at radius 3 is 3.06 bits per heavy atom. The summed E-state index contributed by atoms with van der Waals surface area (Å²) >= 11 is 1.58. The highest BCUT2D eigenvalue weighted by atomic mass is 32.2. The van der Waals surface area contributed by atoms with Gasteiger partial charge in [0.15, 0.2) is 0 Å². The monoisotopic (exact) mass is 239 g/mol. The van der Waals surface area contributed by atoms with Crippen LogP contribution in [0.2, 0.25) is 0 Å². The third-order valence-electron chi connectivity index (χ3n) is 1.97. The molecular weight excluding hydrogens is 226 g/mol. The molecule has 0 amide bonds. The summed E-state index contributed by atoms with van der Waals surface area (Å²) in [7, 11) is 1.90. The van der Waals surface area contributed by atoms with E-state index < -0.39 is 0 Å². The average Bonchev–Trinajstić information content (AvgIpc) is 2.85. The maximum absolute atomic E-state index is 5.46. The van der Waals surface area contributed by atoms with Crippen molar-refractivity contribution in [1.82, 2.24) is 30.0 Å². The summed E-state index contributed by atoms with van der Waals surface area (Å²) in [6.07, 6.45) is 3.81. The molecule has 16 heavy (non-hydrogen) atoms. The van der Waals surface area contributed by atoms with Crippen molar-refractivity contribution in [2.24, 2.45) is 12.8 Å². The molecule has 2 N–H and O–H groups in total. The van der Waals surface area contributed by atoms with E-state index in [2.05, 4.69) is 20.6 Å². The molecule has 7 nitrogen and oxygen atoms in total. The van der Waals surface area contributed by atoms with Crippen LogP contribution in [0.1, 0.15) is 5.56 Å². The van der Waals surface area contributed by atoms with Gasteiger partial charge in [-0.25, -0.2) is 4.68 Å². The highest BCUT2D eigenvalue weighted by Gasteiger charge is 2.06. The zero-order valence-corrected chi connectivity index (χ0v) is 9.76. The number of aryl methyl sites for hydroxylation is 1. The second-order valence-electron chi connectivity index (χ2n) is 3.28. The van der Waals surface area contributed by atoms with Gasteiger partial charge in [0.25, 0.3) is 0 Å². The predicted molar refractivity (Wildman–Crippen MR) is 59.6 cm³/mol. The van der Waals surface area contributed by atoms with Gasteiger partial charge < -0.3 is 5.73 Å². The van der Waals surface area contributed by atoms with Crippen molar-refractivity contribution in [3.8, 4) is 0 Å². The fraction of sp³-hybridized carbons (Fsp3) is 0.500. The first-order chi connectivity index (χ1) is 7.79. The normalized spacial score (nSPS) is 10.9. The second kappa shape index (κ2) is 5.08. The zero-order chi connectivity index (χ0) is 11.4. The van der Waals surface area contributed by atoms with Crippen LogP contribution in [0, 0.1) is 0 Å². The standard InChI is InChI=1S/C8H13N7S/c1-14-5-7(4-10-14)6-16-8-11-12-13-15(8)3-2-9/h4-5H,2-3,6,9H2,1H3. The smallest absolute Gasteiger partial charge is 0.209 e. The van der Waals surface area contributed by atoms with Gasteiger partial charge in [-0.1, -0.05) is 11.8 Å². The lowest BCUT2D eigenvalue weighted by molar-refractivity contribution is 0.557. The quantitative estimate of drug-likeness (QED) is 0.718.